The van der Waals surface area contributed by atoms with Gasteiger partial charge in [0.1, 0.15) is 5.75 Å². The summed E-state index contributed by atoms with van der Waals surface area (Å²) in [7, 11) is 0. The molecule has 1 nitrogen and oxygen atoms in total. The first-order valence-electron chi connectivity index (χ1n) is 12.8. The quantitative estimate of drug-likeness (QED) is 0.103. The molecule has 2 aromatic rings. The molecule has 0 spiro atoms. The van der Waals surface area contributed by atoms with Gasteiger partial charge in [0.15, 0.2) is 0 Å². The summed E-state index contributed by atoms with van der Waals surface area (Å²) in [6.45, 7) is 5.29. The van der Waals surface area contributed by atoms with E-state index < -0.39 is 0 Å². The van der Waals surface area contributed by atoms with Crippen LogP contribution in [0.5, 0.6) is 5.75 Å². The SMILES string of the molecule is CCCCCCCCCCCCOc1cc(CCC)ccc1C=CC(=S)c1ccccc1. The molecule has 0 aliphatic carbocycles. The molecule has 0 amide bonds. The van der Waals surface area contributed by atoms with Gasteiger partial charge in [0.25, 0.3) is 0 Å². The number of hydrogen-bond acceptors (Lipinski definition) is 2. The van der Waals surface area contributed by atoms with Crippen LogP contribution in [0.15, 0.2) is 54.6 Å². The molecular formula is C30H42OS. The fraction of sp³-hybridized carbons (Fsp3) is 0.500. The summed E-state index contributed by atoms with van der Waals surface area (Å²) in [5.74, 6) is 0.985. The molecule has 32 heavy (non-hydrogen) atoms. The lowest BCUT2D eigenvalue weighted by Gasteiger charge is -2.12. The Bertz CT molecular complexity index is 794. The monoisotopic (exact) mass is 450 g/mol. The molecule has 2 rings (SSSR count). The molecule has 0 aromatic heterocycles. The van der Waals surface area contributed by atoms with Crippen LogP contribution in [0.2, 0.25) is 0 Å². The number of ether oxygens (including phenoxy) is 1. The van der Waals surface area contributed by atoms with E-state index in [1.54, 1.807) is 0 Å². The first kappa shape index (κ1) is 26.3. The summed E-state index contributed by atoms with van der Waals surface area (Å²) in [6, 6.07) is 16.8. The zero-order valence-electron chi connectivity index (χ0n) is 20.3. The number of allylic oxidation sites excluding steroid dienone is 1. The minimum atomic E-state index is 0.788. The summed E-state index contributed by atoms with van der Waals surface area (Å²) in [4.78, 5) is 0.851. The van der Waals surface area contributed by atoms with E-state index in [1.165, 1.54) is 63.4 Å². The molecule has 0 saturated heterocycles. The summed E-state index contributed by atoms with van der Waals surface area (Å²) >= 11 is 5.59. The number of rotatable bonds is 17. The van der Waals surface area contributed by atoms with Crippen molar-refractivity contribution < 1.29 is 4.74 Å². The minimum Gasteiger partial charge on any atom is -0.493 e. The fourth-order valence-corrected chi connectivity index (χ4v) is 4.13. The zero-order chi connectivity index (χ0) is 22.9. The van der Waals surface area contributed by atoms with Crippen LogP contribution in [0, 0.1) is 0 Å². The van der Waals surface area contributed by atoms with Crippen LogP contribution in [-0.4, -0.2) is 11.5 Å². The van der Waals surface area contributed by atoms with E-state index in [9.17, 15) is 0 Å². The molecule has 0 saturated carbocycles. The van der Waals surface area contributed by atoms with Gasteiger partial charge in [-0.3, -0.25) is 0 Å². The maximum Gasteiger partial charge on any atom is 0.126 e. The molecule has 0 unspecified atom stereocenters. The molecular weight excluding hydrogens is 408 g/mol. The molecule has 0 heterocycles. The smallest absolute Gasteiger partial charge is 0.126 e. The molecule has 0 aliphatic rings. The van der Waals surface area contributed by atoms with E-state index in [0.29, 0.717) is 0 Å². The third-order valence-corrected chi connectivity index (χ3v) is 6.22. The molecule has 174 valence electrons. The lowest BCUT2D eigenvalue weighted by atomic mass is 10.0. The normalized spacial score (nSPS) is 11.2. The summed E-state index contributed by atoms with van der Waals surface area (Å²) < 4.78 is 6.24. The highest BCUT2D eigenvalue weighted by Gasteiger charge is 2.05. The molecule has 0 aliphatic heterocycles. The molecule has 0 fully saturated rings. The highest BCUT2D eigenvalue weighted by atomic mass is 32.1. The molecule has 0 radical (unpaired) electrons. The maximum atomic E-state index is 6.24. The van der Waals surface area contributed by atoms with Crippen LogP contribution < -0.4 is 4.74 Å². The Morgan fingerprint density at radius 1 is 0.781 bits per heavy atom. The number of aryl methyl sites for hydroxylation is 1. The van der Waals surface area contributed by atoms with Gasteiger partial charge >= 0.3 is 0 Å². The van der Waals surface area contributed by atoms with Crippen molar-refractivity contribution in [2.24, 2.45) is 0 Å². The van der Waals surface area contributed by atoms with Crippen LogP contribution in [-0.2, 0) is 6.42 Å². The standard InChI is InChI=1S/C30H42OS/c1-3-5-6-7-8-9-10-11-12-16-24-31-29-25-26(17-4-2)20-21-27(29)22-23-30(32)28-18-14-13-15-19-28/h13-15,18-23,25H,3-12,16-17,24H2,1-2H3. The Morgan fingerprint density at radius 3 is 2.09 bits per heavy atom. The first-order chi connectivity index (χ1) is 15.7. The predicted octanol–water partition coefficient (Wildman–Crippen LogP) is 9.37. The van der Waals surface area contributed by atoms with Gasteiger partial charge in [-0.2, -0.15) is 0 Å². The van der Waals surface area contributed by atoms with Crippen LogP contribution >= 0.6 is 12.2 Å². The molecule has 2 aromatic carbocycles. The molecule has 0 atom stereocenters. The van der Waals surface area contributed by atoms with Crippen molar-refractivity contribution in [3.63, 3.8) is 0 Å². The number of thiocarbonyl (C=S) groups is 1. The Hall–Kier alpha value is -1.93. The first-order valence-corrected chi connectivity index (χ1v) is 13.2. The third-order valence-electron chi connectivity index (χ3n) is 5.84. The van der Waals surface area contributed by atoms with Crippen molar-refractivity contribution >= 4 is 23.2 Å². The summed E-state index contributed by atoms with van der Waals surface area (Å²) in [6.07, 6.45) is 19.8. The zero-order valence-corrected chi connectivity index (χ0v) is 21.1. The van der Waals surface area contributed by atoms with Crippen LogP contribution in [0.1, 0.15) is 101 Å². The van der Waals surface area contributed by atoms with Crippen LogP contribution in [0.3, 0.4) is 0 Å². The van der Waals surface area contributed by atoms with Gasteiger partial charge in [-0.15, -0.1) is 0 Å². The minimum absolute atomic E-state index is 0.788. The molecule has 0 bridgehead atoms. The average Bonchev–Trinajstić information content (AvgIpc) is 2.82. The van der Waals surface area contributed by atoms with E-state index in [4.69, 9.17) is 17.0 Å². The molecule has 0 N–H and O–H groups in total. The largest absolute Gasteiger partial charge is 0.493 e. The van der Waals surface area contributed by atoms with Crippen molar-refractivity contribution in [3.05, 3.63) is 71.3 Å². The summed E-state index contributed by atoms with van der Waals surface area (Å²) in [5.41, 5.74) is 3.53. The van der Waals surface area contributed by atoms with Gasteiger partial charge in [0.2, 0.25) is 0 Å². The number of benzene rings is 2. The lowest BCUT2D eigenvalue weighted by Crippen LogP contribution is -2.00. The van der Waals surface area contributed by atoms with Gasteiger partial charge in [-0.05, 0) is 42.2 Å². The number of hydrogen-bond donors (Lipinski definition) is 0. The second-order valence-electron chi connectivity index (χ2n) is 8.72. The van der Waals surface area contributed by atoms with Crippen molar-refractivity contribution in [2.45, 2.75) is 90.9 Å². The average molecular weight is 451 g/mol. The van der Waals surface area contributed by atoms with Crippen LogP contribution in [0.4, 0.5) is 0 Å². The summed E-state index contributed by atoms with van der Waals surface area (Å²) in [5, 5.41) is 0. The fourth-order valence-electron chi connectivity index (χ4n) is 3.92. The van der Waals surface area contributed by atoms with Crippen molar-refractivity contribution in [1.82, 2.24) is 0 Å². The Labute approximate surface area is 202 Å². The van der Waals surface area contributed by atoms with E-state index in [1.807, 2.05) is 24.3 Å². The van der Waals surface area contributed by atoms with E-state index in [2.05, 4.69) is 50.3 Å². The van der Waals surface area contributed by atoms with Crippen molar-refractivity contribution in [1.29, 1.82) is 0 Å². The topological polar surface area (TPSA) is 9.23 Å². The van der Waals surface area contributed by atoms with Crippen LogP contribution in [0.25, 0.3) is 6.08 Å². The van der Waals surface area contributed by atoms with Crippen molar-refractivity contribution in [3.8, 4) is 5.75 Å². The van der Waals surface area contributed by atoms with E-state index in [0.717, 1.165) is 47.6 Å². The molecule has 2 heteroatoms. The Balaban J connectivity index is 1.80. The highest BCUT2D eigenvalue weighted by molar-refractivity contribution is 7.81. The van der Waals surface area contributed by atoms with Gasteiger partial charge in [0, 0.05) is 10.4 Å². The van der Waals surface area contributed by atoms with Gasteiger partial charge in [-0.1, -0.05) is 133 Å². The number of unbranched alkanes of at least 4 members (excludes halogenated alkanes) is 9. The second kappa shape index (κ2) is 16.7. The Kier molecular flexibility index (Phi) is 13.7. The van der Waals surface area contributed by atoms with E-state index in [-0.39, 0.29) is 0 Å². The Morgan fingerprint density at radius 2 is 1.44 bits per heavy atom. The highest BCUT2D eigenvalue weighted by Crippen LogP contribution is 2.24. The lowest BCUT2D eigenvalue weighted by molar-refractivity contribution is 0.303. The maximum absolute atomic E-state index is 6.24. The van der Waals surface area contributed by atoms with E-state index >= 15 is 0 Å². The predicted molar refractivity (Wildman–Crippen MR) is 145 cm³/mol. The van der Waals surface area contributed by atoms with Gasteiger partial charge in [-0.25, -0.2) is 0 Å². The van der Waals surface area contributed by atoms with Crippen molar-refractivity contribution in [2.75, 3.05) is 6.61 Å². The third kappa shape index (κ3) is 10.6. The second-order valence-corrected chi connectivity index (χ2v) is 9.16. The van der Waals surface area contributed by atoms with Gasteiger partial charge < -0.3 is 4.74 Å². The van der Waals surface area contributed by atoms with Gasteiger partial charge in [0.05, 0.1) is 6.61 Å².